The second-order valence-corrected chi connectivity index (χ2v) is 5.00. The van der Waals surface area contributed by atoms with Crippen molar-refractivity contribution in [1.82, 2.24) is 5.16 Å². The van der Waals surface area contributed by atoms with Crippen LogP contribution in [0.1, 0.15) is 22.9 Å². The molecule has 1 heterocycles. The average molecular weight is 310 g/mol. The predicted octanol–water partition coefficient (Wildman–Crippen LogP) is 3.16. The van der Waals surface area contributed by atoms with E-state index < -0.39 is 11.9 Å². The van der Waals surface area contributed by atoms with Crippen LogP contribution >= 0.6 is 15.9 Å². The summed E-state index contributed by atoms with van der Waals surface area (Å²) in [6.45, 7) is 1.75. The first kappa shape index (κ1) is 12.8. The van der Waals surface area contributed by atoms with E-state index in [0.29, 0.717) is 17.9 Å². The molecule has 1 aromatic carbocycles. The first-order valence-corrected chi connectivity index (χ1v) is 6.26. The van der Waals surface area contributed by atoms with Crippen molar-refractivity contribution in [2.45, 2.75) is 19.3 Å². The summed E-state index contributed by atoms with van der Waals surface area (Å²) < 4.78 is 5.90. The number of carboxylic acid groups (broad SMARTS) is 1. The molecule has 0 saturated heterocycles. The van der Waals surface area contributed by atoms with Crippen molar-refractivity contribution in [2.24, 2.45) is 0 Å². The smallest absolute Gasteiger partial charge is 0.313 e. The lowest BCUT2D eigenvalue weighted by atomic mass is 9.96. The number of aliphatic carboxylic acids is 1. The molecule has 0 bridgehead atoms. The Morgan fingerprint density at radius 1 is 1.44 bits per heavy atom. The van der Waals surface area contributed by atoms with Gasteiger partial charge in [-0.1, -0.05) is 33.2 Å². The van der Waals surface area contributed by atoms with Crippen LogP contribution in [0.15, 0.2) is 39.3 Å². The predicted molar refractivity (Wildman–Crippen MR) is 69.5 cm³/mol. The summed E-state index contributed by atoms with van der Waals surface area (Å²) in [6.07, 6.45) is 0.397. The zero-order valence-corrected chi connectivity index (χ0v) is 11.3. The number of nitrogens with zero attached hydrogens (tertiary/aromatic N) is 1. The molecule has 0 aliphatic rings. The molecular formula is C13H12BrNO3. The quantitative estimate of drug-likeness (QED) is 0.942. The fraction of sp³-hybridized carbons (Fsp3) is 0.231. The van der Waals surface area contributed by atoms with Gasteiger partial charge in [0.05, 0.1) is 5.69 Å². The third-order valence-electron chi connectivity index (χ3n) is 2.65. The number of hydrogen-bond donors (Lipinski definition) is 1. The lowest BCUT2D eigenvalue weighted by Gasteiger charge is -2.09. The Hall–Kier alpha value is -1.62. The minimum Gasteiger partial charge on any atom is -0.481 e. The van der Waals surface area contributed by atoms with Crippen molar-refractivity contribution in [3.05, 3.63) is 51.8 Å². The van der Waals surface area contributed by atoms with E-state index >= 15 is 0 Å². The second kappa shape index (κ2) is 5.35. The number of aryl methyl sites for hydroxylation is 1. The van der Waals surface area contributed by atoms with Crippen molar-refractivity contribution in [1.29, 1.82) is 0 Å². The maximum absolute atomic E-state index is 11.3. The van der Waals surface area contributed by atoms with Crippen LogP contribution in [0.25, 0.3) is 0 Å². The van der Waals surface area contributed by atoms with Crippen LogP contribution in [0.4, 0.5) is 0 Å². The number of carboxylic acids is 1. The maximum Gasteiger partial charge on any atom is 0.313 e. The Labute approximate surface area is 113 Å². The van der Waals surface area contributed by atoms with Crippen molar-refractivity contribution in [3.63, 3.8) is 0 Å². The number of rotatable bonds is 4. The molecule has 0 amide bonds. The van der Waals surface area contributed by atoms with Gasteiger partial charge in [-0.25, -0.2) is 0 Å². The van der Waals surface area contributed by atoms with E-state index in [1.54, 1.807) is 13.0 Å². The molecule has 5 heteroatoms. The molecule has 1 unspecified atom stereocenters. The molecule has 0 saturated carbocycles. The van der Waals surface area contributed by atoms with Crippen molar-refractivity contribution in [3.8, 4) is 0 Å². The Morgan fingerprint density at radius 2 is 2.11 bits per heavy atom. The standard InChI is InChI=1S/C13H12BrNO3/c1-8-6-12(15-18-8)11(13(16)17)7-9-2-4-10(14)5-3-9/h2-6,11H,7H2,1H3,(H,16,17). The zero-order valence-electron chi connectivity index (χ0n) is 9.76. The second-order valence-electron chi connectivity index (χ2n) is 4.08. The SMILES string of the molecule is Cc1cc(C(Cc2ccc(Br)cc2)C(=O)O)no1. The third-order valence-corrected chi connectivity index (χ3v) is 3.18. The summed E-state index contributed by atoms with van der Waals surface area (Å²) in [4.78, 5) is 11.3. The fourth-order valence-electron chi connectivity index (χ4n) is 1.72. The van der Waals surface area contributed by atoms with E-state index in [2.05, 4.69) is 21.1 Å². The van der Waals surface area contributed by atoms with Crippen LogP contribution in [-0.2, 0) is 11.2 Å². The van der Waals surface area contributed by atoms with Gasteiger partial charge in [0.2, 0.25) is 0 Å². The molecule has 94 valence electrons. The van der Waals surface area contributed by atoms with Gasteiger partial charge >= 0.3 is 5.97 Å². The molecule has 0 fully saturated rings. The van der Waals surface area contributed by atoms with Crippen molar-refractivity contribution in [2.75, 3.05) is 0 Å². The number of carbonyl (C=O) groups is 1. The Bertz CT molecular complexity index is 548. The summed E-state index contributed by atoms with van der Waals surface area (Å²) in [5, 5.41) is 13.0. The summed E-state index contributed by atoms with van der Waals surface area (Å²) in [6, 6.07) is 9.24. The molecule has 1 N–H and O–H groups in total. The van der Waals surface area contributed by atoms with Crippen LogP contribution in [0.3, 0.4) is 0 Å². The summed E-state index contributed by atoms with van der Waals surface area (Å²) in [7, 11) is 0. The molecule has 18 heavy (non-hydrogen) atoms. The van der Waals surface area contributed by atoms with E-state index in [9.17, 15) is 9.90 Å². The molecule has 2 rings (SSSR count). The minimum atomic E-state index is -0.897. The zero-order chi connectivity index (χ0) is 13.1. The van der Waals surface area contributed by atoms with Crippen LogP contribution in [0.5, 0.6) is 0 Å². The fourth-order valence-corrected chi connectivity index (χ4v) is 1.99. The Morgan fingerprint density at radius 3 is 2.61 bits per heavy atom. The van der Waals surface area contributed by atoms with Gasteiger partial charge in [-0.05, 0) is 31.0 Å². The van der Waals surface area contributed by atoms with Crippen LogP contribution in [-0.4, -0.2) is 16.2 Å². The van der Waals surface area contributed by atoms with E-state index in [0.717, 1.165) is 10.0 Å². The molecule has 0 aliphatic carbocycles. The third kappa shape index (κ3) is 2.98. The van der Waals surface area contributed by atoms with Crippen LogP contribution in [0, 0.1) is 6.92 Å². The number of benzene rings is 1. The molecule has 4 nitrogen and oxygen atoms in total. The largest absolute Gasteiger partial charge is 0.481 e. The van der Waals surface area contributed by atoms with E-state index in [1.165, 1.54) is 0 Å². The average Bonchev–Trinajstić information content (AvgIpc) is 2.74. The molecule has 0 spiro atoms. The molecule has 2 aromatic rings. The highest BCUT2D eigenvalue weighted by molar-refractivity contribution is 9.10. The highest BCUT2D eigenvalue weighted by Gasteiger charge is 2.23. The van der Waals surface area contributed by atoms with Crippen molar-refractivity contribution < 1.29 is 14.4 Å². The number of aromatic nitrogens is 1. The highest BCUT2D eigenvalue weighted by atomic mass is 79.9. The van der Waals surface area contributed by atoms with Crippen LogP contribution in [0.2, 0.25) is 0 Å². The van der Waals surface area contributed by atoms with Gasteiger partial charge < -0.3 is 9.63 Å². The first-order chi connectivity index (χ1) is 8.56. The molecular weight excluding hydrogens is 298 g/mol. The molecule has 1 aromatic heterocycles. The van der Waals surface area contributed by atoms with Gasteiger partial charge in [-0.3, -0.25) is 4.79 Å². The normalized spacial score (nSPS) is 12.3. The topological polar surface area (TPSA) is 63.3 Å². The van der Waals surface area contributed by atoms with E-state index in [1.807, 2.05) is 24.3 Å². The van der Waals surface area contributed by atoms with E-state index in [4.69, 9.17) is 4.52 Å². The molecule has 0 radical (unpaired) electrons. The molecule has 1 atom stereocenters. The van der Waals surface area contributed by atoms with Gasteiger partial charge in [-0.2, -0.15) is 0 Å². The van der Waals surface area contributed by atoms with Gasteiger partial charge in [0, 0.05) is 10.5 Å². The monoisotopic (exact) mass is 309 g/mol. The lowest BCUT2D eigenvalue weighted by molar-refractivity contribution is -0.138. The Kier molecular flexibility index (Phi) is 3.81. The summed E-state index contributed by atoms with van der Waals surface area (Å²) >= 11 is 3.35. The van der Waals surface area contributed by atoms with Gasteiger partial charge in [0.15, 0.2) is 0 Å². The van der Waals surface area contributed by atoms with Gasteiger partial charge in [0.1, 0.15) is 11.7 Å². The number of hydrogen-bond acceptors (Lipinski definition) is 3. The molecule has 0 aliphatic heterocycles. The minimum absolute atomic E-state index is 0.397. The number of halogens is 1. The highest BCUT2D eigenvalue weighted by Crippen LogP contribution is 2.22. The van der Waals surface area contributed by atoms with E-state index in [-0.39, 0.29) is 0 Å². The van der Waals surface area contributed by atoms with Crippen LogP contribution < -0.4 is 0 Å². The Balaban J connectivity index is 2.22. The first-order valence-electron chi connectivity index (χ1n) is 5.46. The summed E-state index contributed by atoms with van der Waals surface area (Å²) in [5.74, 6) is -0.957. The van der Waals surface area contributed by atoms with Crippen molar-refractivity contribution >= 4 is 21.9 Å². The van der Waals surface area contributed by atoms with Gasteiger partial charge in [0.25, 0.3) is 0 Å². The maximum atomic E-state index is 11.3. The van der Waals surface area contributed by atoms with Gasteiger partial charge in [-0.15, -0.1) is 0 Å². The lowest BCUT2D eigenvalue weighted by Crippen LogP contribution is -2.14. The summed E-state index contributed by atoms with van der Waals surface area (Å²) in [5.41, 5.74) is 1.41.